The topological polar surface area (TPSA) is 15.3 Å². The minimum Gasteiger partial charge on any atom is -0.314 e. The third kappa shape index (κ3) is 2.99. The van der Waals surface area contributed by atoms with Crippen LogP contribution in [0, 0.1) is 0 Å². The lowest BCUT2D eigenvalue weighted by molar-refractivity contribution is 0.146. The number of rotatable bonds is 4. The van der Waals surface area contributed by atoms with Crippen LogP contribution in [0.4, 0.5) is 0 Å². The Kier molecular flexibility index (Phi) is 4.46. The first kappa shape index (κ1) is 13.5. The summed E-state index contributed by atoms with van der Waals surface area (Å²) in [5, 5.41) is 3.55. The molecule has 0 bridgehead atoms. The Hall–Kier alpha value is -0.510. The highest BCUT2D eigenvalue weighted by molar-refractivity contribution is 7.99. The molecule has 0 spiro atoms. The molecule has 2 atom stereocenters. The van der Waals surface area contributed by atoms with E-state index in [4.69, 9.17) is 0 Å². The number of nitrogens with one attached hydrogen (secondary N) is 1. The van der Waals surface area contributed by atoms with Crippen molar-refractivity contribution in [1.29, 1.82) is 0 Å². The zero-order valence-corrected chi connectivity index (χ0v) is 12.6. The minimum absolute atomic E-state index is 0.735. The van der Waals surface area contributed by atoms with Crippen LogP contribution in [0.3, 0.4) is 0 Å². The SMILES string of the molecule is CCCC1CNCCN1CC1CSc2ccccc21. The second-order valence-electron chi connectivity index (χ2n) is 5.69. The molecule has 1 saturated heterocycles. The number of nitrogens with zero attached hydrogens (tertiary/aromatic N) is 1. The maximum absolute atomic E-state index is 3.55. The predicted octanol–water partition coefficient (Wildman–Crippen LogP) is 2.95. The summed E-state index contributed by atoms with van der Waals surface area (Å²) in [6, 6.07) is 9.72. The highest BCUT2D eigenvalue weighted by Gasteiger charge is 2.28. The molecule has 0 aliphatic carbocycles. The molecule has 2 unspecified atom stereocenters. The van der Waals surface area contributed by atoms with Gasteiger partial charge in [-0.3, -0.25) is 4.90 Å². The molecule has 0 amide bonds. The first-order valence-corrected chi connectivity index (χ1v) is 8.53. The maximum atomic E-state index is 3.55. The fraction of sp³-hybridized carbons (Fsp3) is 0.625. The lowest BCUT2D eigenvalue weighted by atomic mass is 9.98. The minimum atomic E-state index is 0.735. The Morgan fingerprint density at radius 3 is 3.16 bits per heavy atom. The van der Waals surface area contributed by atoms with Crippen molar-refractivity contribution in [2.24, 2.45) is 0 Å². The zero-order valence-electron chi connectivity index (χ0n) is 11.8. The fourth-order valence-electron chi connectivity index (χ4n) is 3.32. The highest BCUT2D eigenvalue weighted by atomic mass is 32.2. The van der Waals surface area contributed by atoms with Gasteiger partial charge in [-0.05, 0) is 18.1 Å². The summed E-state index contributed by atoms with van der Waals surface area (Å²) in [5.41, 5.74) is 1.58. The third-order valence-corrected chi connectivity index (χ3v) is 5.60. The Morgan fingerprint density at radius 2 is 2.26 bits per heavy atom. The van der Waals surface area contributed by atoms with E-state index in [2.05, 4.69) is 41.4 Å². The summed E-state index contributed by atoms with van der Waals surface area (Å²) in [4.78, 5) is 4.24. The van der Waals surface area contributed by atoms with Crippen LogP contribution >= 0.6 is 11.8 Å². The highest BCUT2D eigenvalue weighted by Crippen LogP contribution is 2.39. The van der Waals surface area contributed by atoms with Gasteiger partial charge >= 0.3 is 0 Å². The molecule has 2 nitrogen and oxygen atoms in total. The molecule has 2 aliphatic rings. The van der Waals surface area contributed by atoms with Crippen LogP contribution in [-0.2, 0) is 0 Å². The van der Waals surface area contributed by atoms with Crippen LogP contribution in [-0.4, -0.2) is 42.9 Å². The first-order valence-electron chi connectivity index (χ1n) is 7.55. The van der Waals surface area contributed by atoms with E-state index in [0.717, 1.165) is 18.5 Å². The number of thioether (sulfide) groups is 1. The summed E-state index contributed by atoms with van der Waals surface area (Å²) < 4.78 is 0. The summed E-state index contributed by atoms with van der Waals surface area (Å²) in [6.07, 6.45) is 2.62. The summed E-state index contributed by atoms with van der Waals surface area (Å²) in [6.45, 7) is 7.09. The molecule has 1 aromatic rings. The average molecular weight is 276 g/mol. The van der Waals surface area contributed by atoms with Crippen molar-refractivity contribution in [3.8, 4) is 0 Å². The van der Waals surface area contributed by atoms with Crippen LogP contribution in [0.1, 0.15) is 31.2 Å². The number of fused-ring (bicyclic) bond motifs is 1. The Bertz CT molecular complexity index is 419. The van der Waals surface area contributed by atoms with Crippen molar-refractivity contribution >= 4 is 11.8 Å². The second kappa shape index (κ2) is 6.29. The molecule has 2 heterocycles. The zero-order chi connectivity index (χ0) is 13.1. The molecule has 104 valence electrons. The van der Waals surface area contributed by atoms with Crippen molar-refractivity contribution in [1.82, 2.24) is 10.2 Å². The van der Waals surface area contributed by atoms with E-state index in [-0.39, 0.29) is 0 Å². The van der Waals surface area contributed by atoms with Crippen molar-refractivity contribution in [3.63, 3.8) is 0 Å². The molecular weight excluding hydrogens is 252 g/mol. The van der Waals surface area contributed by atoms with Crippen molar-refractivity contribution in [3.05, 3.63) is 29.8 Å². The van der Waals surface area contributed by atoms with Gasteiger partial charge < -0.3 is 5.32 Å². The summed E-state index contributed by atoms with van der Waals surface area (Å²) in [7, 11) is 0. The largest absolute Gasteiger partial charge is 0.314 e. The molecule has 0 saturated carbocycles. The van der Waals surface area contributed by atoms with E-state index in [1.165, 1.54) is 43.1 Å². The van der Waals surface area contributed by atoms with E-state index in [1.54, 1.807) is 5.56 Å². The van der Waals surface area contributed by atoms with Gasteiger partial charge in [-0.1, -0.05) is 31.5 Å². The van der Waals surface area contributed by atoms with Gasteiger partial charge in [0.25, 0.3) is 0 Å². The average Bonchev–Trinajstić information content (AvgIpc) is 2.85. The van der Waals surface area contributed by atoms with E-state index in [1.807, 2.05) is 11.8 Å². The molecule has 1 aromatic carbocycles. The van der Waals surface area contributed by atoms with Crippen molar-refractivity contribution in [2.45, 2.75) is 36.6 Å². The number of hydrogen-bond donors (Lipinski definition) is 1. The first-order chi connectivity index (χ1) is 9.38. The molecule has 0 radical (unpaired) electrons. The molecule has 3 rings (SSSR count). The van der Waals surface area contributed by atoms with Crippen molar-refractivity contribution < 1.29 is 0 Å². The number of piperazine rings is 1. The Labute approximate surface area is 121 Å². The standard InChI is InChI=1S/C16H24N2S/c1-2-5-14-10-17-8-9-18(14)11-13-12-19-16-7-4-3-6-15(13)16/h3-4,6-7,13-14,17H,2,5,8-12H2,1H3. The summed E-state index contributed by atoms with van der Waals surface area (Å²) >= 11 is 2.04. The molecule has 2 aliphatic heterocycles. The summed E-state index contributed by atoms with van der Waals surface area (Å²) in [5.74, 6) is 2.00. The third-order valence-electron chi connectivity index (χ3n) is 4.35. The van der Waals surface area contributed by atoms with Crippen LogP contribution in [0.5, 0.6) is 0 Å². The lowest BCUT2D eigenvalue weighted by Gasteiger charge is -2.37. The van der Waals surface area contributed by atoms with Gasteiger partial charge in [0.15, 0.2) is 0 Å². The molecule has 0 aromatic heterocycles. The van der Waals surface area contributed by atoms with Crippen LogP contribution in [0.25, 0.3) is 0 Å². The quantitative estimate of drug-likeness (QED) is 0.910. The fourth-order valence-corrected chi connectivity index (χ4v) is 4.57. The maximum Gasteiger partial charge on any atom is 0.0221 e. The van der Waals surface area contributed by atoms with Gasteiger partial charge in [-0.15, -0.1) is 11.8 Å². The second-order valence-corrected chi connectivity index (χ2v) is 6.75. The van der Waals surface area contributed by atoms with Crippen LogP contribution in [0.2, 0.25) is 0 Å². The van der Waals surface area contributed by atoms with E-state index >= 15 is 0 Å². The number of benzene rings is 1. The van der Waals surface area contributed by atoms with E-state index in [9.17, 15) is 0 Å². The van der Waals surface area contributed by atoms with Gasteiger partial charge in [-0.25, -0.2) is 0 Å². The normalized spacial score (nSPS) is 27.4. The van der Waals surface area contributed by atoms with Gasteiger partial charge in [0.2, 0.25) is 0 Å². The lowest BCUT2D eigenvalue weighted by Crippen LogP contribution is -2.52. The van der Waals surface area contributed by atoms with Crippen LogP contribution < -0.4 is 5.32 Å². The Morgan fingerprint density at radius 1 is 1.37 bits per heavy atom. The smallest absolute Gasteiger partial charge is 0.0221 e. The van der Waals surface area contributed by atoms with Crippen molar-refractivity contribution in [2.75, 3.05) is 31.9 Å². The van der Waals surface area contributed by atoms with Gasteiger partial charge in [0.05, 0.1) is 0 Å². The molecule has 3 heteroatoms. The van der Waals surface area contributed by atoms with Crippen LogP contribution in [0.15, 0.2) is 29.2 Å². The van der Waals surface area contributed by atoms with E-state index in [0.29, 0.717) is 0 Å². The Balaban J connectivity index is 1.67. The van der Waals surface area contributed by atoms with Gasteiger partial charge in [0, 0.05) is 48.8 Å². The predicted molar refractivity (Wildman–Crippen MR) is 83.0 cm³/mol. The molecule has 1 N–H and O–H groups in total. The molecule has 1 fully saturated rings. The molecular formula is C16H24N2S. The monoisotopic (exact) mass is 276 g/mol. The van der Waals surface area contributed by atoms with E-state index < -0.39 is 0 Å². The molecule has 19 heavy (non-hydrogen) atoms. The number of hydrogen-bond acceptors (Lipinski definition) is 3. The van der Waals surface area contributed by atoms with Gasteiger partial charge in [0.1, 0.15) is 0 Å². The van der Waals surface area contributed by atoms with Gasteiger partial charge in [-0.2, -0.15) is 0 Å².